The number of benzene rings is 1. The van der Waals surface area contributed by atoms with Crippen LogP contribution in [0.2, 0.25) is 0 Å². The van der Waals surface area contributed by atoms with Crippen molar-refractivity contribution in [1.29, 1.82) is 0 Å². The molecule has 0 fully saturated rings. The van der Waals surface area contributed by atoms with Gasteiger partial charge in [0.15, 0.2) is 0 Å². The number of hydrogen-bond acceptors (Lipinski definition) is 4. The first kappa shape index (κ1) is 13.4. The van der Waals surface area contributed by atoms with Gasteiger partial charge in [-0.05, 0) is 18.2 Å². The minimum Gasteiger partial charge on any atom is -0.376 e. The van der Waals surface area contributed by atoms with E-state index in [9.17, 15) is 0 Å². The summed E-state index contributed by atoms with van der Waals surface area (Å²) in [4.78, 5) is 13.1. The zero-order valence-electron chi connectivity index (χ0n) is 12.6. The smallest absolute Gasteiger partial charge is 0.233 e. The van der Waals surface area contributed by atoms with Gasteiger partial charge >= 0.3 is 0 Å². The summed E-state index contributed by atoms with van der Waals surface area (Å²) < 4.78 is 1.95. The number of aromatic nitrogens is 3. The molecular formula is C16H19N5. The Morgan fingerprint density at radius 3 is 2.52 bits per heavy atom. The van der Waals surface area contributed by atoms with E-state index < -0.39 is 0 Å². The molecule has 108 valence electrons. The average Bonchev–Trinajstić information content (AvgIpc) is 2.89. The summed E-state index contributed by atoms with van der Waals surface area (Å²) in [7, 11) is 6.20. The molecule has 0 aliphatic rings. The van der Waals surface area contributed by atoms with E-state index in [-0.39, 0.29) is 0 Å². The van der Waals surface area contributed by atoms with Crippen molar-refractivity contribution in [2.24, 2.45) is 0 Å². The second-order valence-electron chi connectivity index (χ2n) is 5.30. The highest BCUT2D eigenvalue weighted by Crippen LogP contribution is 2.27. The van der Waals surface area contributed by atoms with Crippen LogP contribution in [0.3, 0.4) is 0 Å². The second kappa shape index (κ2) is 5.44. The molecule has 0 unspecified atom stereocenters. The molecule has 0 amide bonds. The first-order chi connectivity index (χ1) is 10.1. The van der Waals surface area contributed by atoms with Crippen LogP contribution in [0.25, 0.3) is 5.78 Å². The summed E-state index contributed by atoms with van der Waals surface area (Å²) in [6, 6.07) is 10.3. The van der Waals surface area contributed by atoms with Crippen molar-refractivity contribution in [2.75, 3.05) is 30.9 Å². The van der Waals surface area contributed by atoms with Crippen LogP contribution in [0.15, 0.2) is 48.9 Å². The summed E-state index contributed by atoms with van der Waals surface area (Å²) in [6.45, 7) is 0.744. The zero-order chi connectivity index (χ0) is 14.8. The maximum Gasteiger partial charge on any atom is 0.233 e. The number of rotatable bonds is 4. The van der Waals surface area contributed by atoms with Crippen molar-refractivity contribution in [3.05, 3.63) is 54.6 Å². The normalized spacial score (nSPS) is 10.8. The minimum atomic E-state index is 0.738. The highest BCUT2D eigenvalue weighted by molar-refractivity contribution is 5.70. The molecule has 0 aliphatic heterocycles. The highest BCUT2D eigenvalue weighted by atomic mass is 15.2. The van der Waals surface area contributed by atoms with Gasteiger partial charge in [0.2, 0.25) is 5.78 Å². The molecule has 0 saturated carbocycles. The third-order valence-corrected chi connectivity index (χ3v) is 3.46. The predicted octanol–water partition coefficient (Wildman–Crippen LogP) is 2.43. The summed E-state index contributed by atoms with van der Waals surface area (Å²) in [5.41, 5.74) is 3.39. The van der Waals surface area contributed by atoms with Crippen LogP contribution in [0.5, 0.6) is 0 Å². The molecule has 21 heavy (non-hydrogen) atoms. The minimum absolute atomic E-state index is 0.738. The molecule has 0 atom stereocenters. The van der Waals surface area contributed by atoms with Gasteiger partial charge in [-0.3, -0.25) is 4.40 Å². The fourth-order valence-electron chi connectivity index (χ4n) is 2.45. The maximum atomic E-state index is 4.55. The van der Waals surface area contributed by atoms with Crippen molar-refractivity contribution < 1.29 is 0 Å². The third-order valence-electron chi connectivity index (χ3n) is 3.46. The lowest BCUT2D eigenvalue weighted by molar-refractivity contribution is 0.891. The van der Waals surface area contributed by atoms with Gasteiger partial charge in [-0.15, -0.1) is 0 Å². The van der Waals surface area contributed by atoms with Gasteiger partial charge in [0.05, 0.1) is 23.6 Å². The molecule has 0 N–H and O–H groups in total. The molecular weight excluding hydrogens is 262 g/mol. The van der Waals surface area contributed by atoms with E-state index in [1.807, 2.05) is 22.9 Å². The molecule has 0 saturated heterocycles. The van der Waals surface area contributed by atoms with E-state index >= 15 is 0 Å². The quantitative estimate of drug-likeness (QED) is 0.736. The van der Waals surface area contributed by atoms with E-state index in [0.717, 1.165) is 18.0 Å². The van der Waals surface area contributed by atoms with Gasteiger partial charge in [-0.25, -0.2) is 9.97 Å². The lowest BCUT2D eigenvalue weighted by Crippen LogP contribution is -2.20. The monoisotopic (exact) mass is 281 g/mol. The van der Waals surface area contributed by atoms with Gasteiger partial charge in [0.25, 0.3) is 0 Å². The van der Waals surface area contributed by atoms with Crippen molar-refractivity contribution in [3.63, 3.8) is 0 Å². The summed E-state index contributed by atoms with van der Waals surface area (Å²) in [5, 5.41) is 0. The maximum absolute atomic E-state index is 4.55. The van der Waals surface area contributed by atoms with Gasteiger partial charge < -0.3 is 9.80 Å². The Kier molecular flexibility index (Phi) is 3.48. The molecule has 0 aliphatic carbocycles. The van der Waals surface area contributed by atoms with E-state index in [4.69, 9.17) is 0 Å². The molecule has 2 heterocycles. The van der Waals surface area contributed by atoms with Crippen LogP contribution < -0.4 is 9.80 Å². The molecule has 5 nitrogen and oxygen atoms in total. The van der Waals surface area contributed by atoms with Crippen molar-refractivity contribution in [1.82, 2.24) is 14.4 Å². The topological polar surface area (TPSA) is 36.7 Å². The van der Waals surface area contributed by atoms with Crippen LogP contribution in [-0.2, 0) is 6.54 Å². The van der Waals surface area contributed by atoms with Crippen LogP contribution in [0.4, 0.5) is 11.4 Å². The zero-order valence-corrected chi connectivity index (χ0v) is 12.6. The van der Waals surface area contributed by atoms with Crippen LogP contribution in [0, 0.1) is 0 Å². The van der Waals surface area contributed by atoms with Gasteiger partial charge in [-0.1, -0.05) is 12.1 Å². The van der Waals surface area contributed by atoms with E-state index in [1.165, 1.54) is 11.4 Å². The number of hydrogen-bond donors (Lipinski definition) is 0. The fraction of sp³-hybridized carbons (Fsp3) is 0.250. The number of nitrogens with zero attached hydrogens (tertiary/aromatic N) is 5. The summed E-state index contributed by atoms with van der Waals surface area (Å²) in [5.74, 6) is 0.738. The molecule has 0 bridgehead atoms. The second-order valence-corrected chi connectivity index (χ2v) is 5.30. The lowest BCUT2D eigenvalue weighted by Gasteiger charge is -2.25. The Labute approximate surface area is 124 Å². The number of anilines is 2. The molecule has 3 aromatic rings. The highest BCUT2D eigenvalue weighted by Gasteiger charge is 2.11. The Hall–Kier alpha value is -2.56. The molecule has 5 heteroatoms. The first-order valence-electron chi connectivity index (χ1n) is 6.91. The van der Waals surface area contributed by atoms with Crippen molar-refractivity contribution >= 4 is 17.2 Å². The summed E-state index contributed by atoms with van der Waals surface area (Å²) >= 11 is 0. The predicted molar refractivity (Wildman–Crippen MR) is 85.9 cm³/mol. The summed E-state index contributed by atoms with van der Waals surface area (Å²) in [6.07, 6.45) is 5.75. The molecule has 0 spiro atoms. The van der Waals surface area contributed by atoms with Crippen LogP contribution >= 0.6 is 0 Å². The van der Waals surface area contributed by atoms with E-state index in [2.05, 4.69) is 65.2 Å². The lowest BCUT2D eigenvalue weighted by atomic mass is 10.2. The number of fused-ring (bicyclic) bond motifs is 1. The molecule has 3 rings (SSSR count). The largest absolute Gasteiger partial charge is 0.376 e. The Morgan fingerprint density at radius 2 is 1.81 bits per heavy atom. The number of para-hydroxylation sites is 2. The molecule has 0 radical (unpaired) electrons. The standard InChI is InChI=1S/C16H19N5/c1-19(2)14-7-4-5-8-15(14)20(3)11-13-12-21-10-6-9-17-16(21)18-13/h4-10,12H,11H2,1-3H3. The fourth-order valence-corrected chi connectivity index (χ4v) is 2.45. The number of imidazole rings is 1. The SMILES string of the molecule is CN(C)c1ccccc1N(C)Cc1cn2cccnc2n1. The van der Waals surface area contributed by atoms with Crippen molar-refractivity contribution in [3.8, 4) is 0 Å². The van der Waals surface area contributed by atoms with E-state index in [0.29, 0.717) is 0 Å². The van der Waals surface area contributed by atoms with Crippen molar-refractivity contribution in [2.45, 2.75) is 6.54 Å². The third kappa shape index (κ3) is 2.67. The van der Waals surface area contributed by atoms with Crippen LogP contribution in [-0.4, -0.2) is 35.5 Å². The Bertz CT molecular complexity index is 714. The van der Waals surface area contributed by atoms with Crippen LogP contribution in [0.1, 0.15) is 5.69 Å². The Balaban J connectivity index is 1.87. The molecule has 1 aromatic carbocycles. The van der Waals surface area contributed by atoms with Gasteiger partial charge in [0, 0.05) is 39.7 Å². The van der Waals surface area contributed by atoms with Gasteiger partial charge in [-0.2, -0.15) is 0 Å². The average molecular weight is 281 g/mol. The Morgan fingerprint density at radius 1 is 1.05 bits per heavy atom. The van der Waals surface area contributed by atoms with E-state index in [1.54, 1.807) is 6.20 Å². The molecule has 2 aromatic heterocycles. The van der Waals surface area contributed by atoms with Gasteiger partial charge in [0.1, 0.15) is 0 Å². The first-order valence-corrected chi connectivity index (χ1v) is 6.91.